The standard InChI is InChI=1S/C44H46N4O8S2/c1-41(2,47-37(51)43(45-39(47)53,31-19-9-5-10-20-31)32-21-11-6-12-22-32)55-35(49)27-17-29-57-58-30-18-28-36(50)56-42(3,4)48-38(52)44(46-40(48)54,33-23-13-7-14-24-33)34-25-15-8-16-26-34/h5-16,19-26H,17-18,27-30H2,1-4H3,(H,45,53)(H,46,54). The smallest absolute Gasteiger partial charge is 0.328 e. The molecule has 6 rings (SSSR count). The molecule has 4 aromatic rings. The Bertz CT molecular complexity index is 1900. The van der Waals surface area contributed by atoms with Crippen molar-refractivity contribution in [2.24, 2.45) is 0 Å². The van der Waals surface area contributed by atoms with E-state index < -0.39 is 58.3 Å². The topological polar surface area (TPSA) is 151 Å². The number of urea groups is 2. The molecular formula is C44H46N4O8S2. The zero-order valence-corrected chi connectivity index (χ0v) is 34.4. The molecule has 0 aromatic heterocycles. The Labute approximate surface area is 345 Å². The number of imide groups is 2. The predicted molar refractivity (Wildman–Crippen MR) is 222 cm³/mol. The molecule has 0 spiro atoms. The molecule has 6 amide bonds. The molecule has 2 fully saturated rings. The van der Waals surface area contributed by atoms with Crippen molar-refractivity contribution >= 4 is 57.4 Å². The molecule has 4 aromatic carbocycles. The molecule has 0 radical (unpaired) electrons. The van der Waals surface area contributed by atoms with Crippen LogP contribution >= 0.6 is 21.6 Å². The normalized spacial score (nSPS) is 16.2. The minimum atomic E-state index is -1.56. The van der Waals surface area contributed by atoms with Crippen molar-refractivity contribution in [1.29, 1.82) is 0 Å². The fraction of sp³-hybridized carbons (Fsp3) is 0.318. The molecule has 0 bridgehead atoms. The first-order chi connectivity index (χ1) is 27.7. The summed E-state index contributed by atoms with van der Waals surface area (Å²) in [6.07, 6.45) is 1.12. The summed E-state index contributed by atoms with van der Waals surface area (Å²) in [7, 11) is 3.08. The summed E-state index contributed by atoms with van der Waals surface area (Å²) in [6, 6.07) is 34.5. The van der Waals surface area contributed by atoms with Crippen LogP contribution in [0.2, 0.25) is 0 Å². The van der Waals surface area contributed by atoms with E-state index in [1.165, 1.54) is 49.3 Å². The average Bonchev–Trinajstić information content (AvgIpc) is 3.66. The van der Waals surface area contributed by atoms with Gasteiger partial charge < -0.3 is 20.1 Å². The van der Waals surface area contributed by atoms with Crippen LogP contribution in [-0.2, 0) is 39.7 Å². The summed E-state index contributed by atoms with van der Waals surface area (Å²) >= 11 is 0. The largest absolute Gasteiger partial charge is 0.439 e. The van der Waals surface area contributed by atoms with Crippen molar-refractivity contribution in [1.82, 2.24) is 20.4 Å². The van der Waals surface area contributed by atoms with E-state index in [0.29, 0.717) is 46.6 Å². The molecule has 2 heterocycles. The fourth-order valence-electron chi connectivity index (χ4n) is 7.33. The number of nitrogens with one attached hydrogen (secondary N) is 2. The van der Waals surface area contributed by atoms with Gasteiger partial charge in [-0.3, -0.25) is 19.2 Å². The van der Waals surface area contributed by atoms with Gasteiger partial charge in [0.15, 0.2) is 22.5 Å². The molecule has 0 atom stereocenters. The van der Waals surface area contributed by atoms with Crippen LogP contribution in [0.3, 0.4) is 0 Å². The lowest BCUT2D eigenvalue weighted by Gasteiger charge is -2.34. The summed E-state index contributed by atoms with van der Waals surface area (Å²) in [5, 5.41) is 5.77. The van der Waals surface area contributed by atoms with E-state index in [1.807, 2.05) is 24.3 Å². The van der Waals surface area contributed by atoms with Gasteiger partial charge in [-0.15, -0.1) is 0 Å². The number of nitrogens with zero attached hydrogens (tertiary/aromatic N) is 2. The molecule has 302 valence electrons. The second-order valence-electron chi connectivity index (χ2n) is 14.8. The van der Waals surface area contributed by atoms with E-state index in [-0.39, 0.29) is 12.8 Å². The number of amides is 6. The number of carbonyl (C=O) groups is 6. The highest BCUT2D eigenvalue weighted by atomic mass is 33.1. The highest BCUT2D eigenvalue weighted by Gasteiger charge is 2.60. The lowest BCUT2D eigenvalue weighted by Crippen LogP contribution is -2.52. The summed E-state index contributed by atoms with van der Waals surface area (Å²) in [4.78, 5) is 83.0. The van der Waals surface area contributed by atoms with Crippen LogP contribution in [0.25, 0.3) is 0 Å². The molecule has 2 aliphatic rings. The lowest BCUT2D eigenvalue weighted by molar-refractivity contribution is -0.176. The van der Waals surface area contributed by atoms with Gasteiger partial charge in [-0.2, -0.15) is 0 Å². The molecule has 2 N–H and O–H groups in total. The summed E-state index contributed by atoms with van der Waals surface area (Å²) in [5.41, 5.74) is -3.75. The van der Waals surface area contributed by atoms with Crippen LogP contribution in [0.5, 0.6) is 0 Å². The van der Waals surface area contributed by atoms with Crippen LogP contribution in [0, 0.1) is 0 Å². The first-order valence-corrected chi connectivity index (χ1v) is 21.5. The lowest BCUT2D eigenvalue weighted by atomic mass is 9.82. The highest BCUT2D eigenvalue weighted by Crippen LogP contribution is 2.41. The van der Waals surface area contributed by atoms with Crippen LogP contribution in [-0.4, -0.2) is 68.6 Å². The maximum atomic E-state index is 14.2. The van der Waals surface area contributed by atoms with Crippen molar-refractivity contribution in [3.63, 3.8) is 0 Å². The van der Waals surface area contributed by atoms with Gasteiger partial charge >= 0.3 is 24.0 Å². The fourth-order valence-corrected chi connectivity index (χ4v) is 9.50. The maximum absolute atomic E-state index is 14.2. The molecule has 0 unspecified atom stereocenters. The number of carbonyl (C=O) groups excluding carboxylic acids is 6. The number of rotatable bonds is 17. The Hall–Kier alpha value is -5.60. The Balaban J connectivity index is 0.940. The van der Waals surface area contributed by atoms with E-state index in [0.717, 1.165) is 9.80 Å². The van der Waals surface area contributed by atoms with E-state index in [1.54, 1.807) is 97.1 Å². The first-order valence-electron chi connectivity index (χ1n) is 19.0. The van der Waals surface area contributed by atoms with E-state index in [4.69, 9.17) is 9.47 Å². The third kappa shape index (κ3) is 8.35. The molecule has 2 aliphatic heterocycles. The van der Waals surface area contributed by atoms with E-state index in [2.05, 4.69) is 10.6 Å². The van der Waals surface area contributed by atoms with Crippen LogP contribution in [0.15, 0.2) is 121 Å². The number of hydrogen-bond donors (Lipinski definition) is 2. The number of benzene rings is 4. The van der Waals surface area contributed by atoms with Gasteiger partial charge in [-0.1, -0.05) is 143 Å². The Morgan fingerprint density at radius 1 is 0.517 bits per heavy atom. The van der Waals surface area contributed by atoms with Crippen LogP contribution in [0.4, 0.5) is 9.59 Å². The van der Waals surface area contributed by atoms with Gasteiger partial charge in [0.25, 0.3) is 11.8 Å². The van der Waals surface area contributed by atoms with Gasteiger partial charge in [-0.25, -0.2) is 19.4 Å². The number of ether oxygens (including phenoxy) is 2. The van der Waals surface area contributed by atoms with Gasteiger partial charge in [-0.05, 0) is 62.8 Å². The minimum Gasteiger partial charge on any atom is -0.439 e. The second kappa shape index (κ2) is 17.5. The van der Waals surface area contributed by atoms with Crippen molar-refractivity contribution in [2.75, 3.05) is 11.5 Å². The SMILES string of the molecule is CC(C)(OC(=O)CCCSSCCCC(=O)OC(C)(C)N1C(=O)NC(c2ccccc2)(c2ccccc2)C1=O)N1C(=O)NC(c2ccccc2)(c2ccccc2)C1=O. The van der Waals surface area contributed by atoms with E-state index in [9.17, 15) is 28.8 Å². The van der Waals surface area contributed by atoms with Crippen LogP contribution < -0.4 is 10.6 Å². The maximum Gasteiger partial charge on any atom is 0.328 e. The molecule has 58 heavy (non-hydrogen) atoms. The number of hydrogen-bond acceptors (Lipinski definition) is 10. The predicted octanol–water partition coefficient (Wildman–Crippen LogP) is 7.48. The van der Waals surface area contributed by atoms with Gasteiger partial charge in [0.05, 0.1) is 0 Å². The van der Waals surface area contributed by atoms with Crippen molar-refractivity contribution in [3.8, 4) is 0 Å². The molecule has 12 nitrogen and oxygen atoms in total. The monoisotopic (exact) mass is 822 g/mol. The quantitative estimate of drug-likeness (QED) is 0.0475. The zero-order chi connectivity index (χ0) is 41.6. The van der Waals surface area contributed by atoms with E-state index >= 15 is 0 Å². The minimum absolute atomic E-state index is 0.0726. The Morgan fingerprint density at radius 2 is 0.793 bits per heavy atom. The van der Waals surface area contributed by atoms with Crippen LogP contribution in [0.1, 0.15) is 75.6 Å². The van der Waals surface area contributed by atoms with Crippen molar-refractivity contribution in [3.05, 3.63) is 144 Å². The molecular weight excluding hydrogens is 777 g/mol. The highest BCUT2D eigenvalue weighted by molar-refractivity contribution is 8.76. The summed E-state index contributed by atoms with van der Waals surface area (Å²) in [6.45, 7) is 6.08. The third-order valence-electron chi connectivity index (χ3n) is 9.97. The first kappa shape index (κ1) is 42.0. The average molecular weight is 823 g/mol. The molecule has 0 saturated carbocycles. The molecule has 0 aliphatic carbocycles. The Kier molecular flexibility index (Phi) is 12.7. The van der Waals surface area contributed by atoms with Crippen molar-refractivity contribution < 1.29 is 38.2 Å². The van der Waals surface area contributed by atoms with Crippen molar-refractivity contribution in [2.45, 2.75) is 75.9 Å². The van der Waals surface area contributed by atoms with Gasteiger partial charge in [0.1, 0.15) is 0 Å². The Morgan fingerprint density at radius 3 is 1.07 bits per heavy atom. The molecule has 14 heteroatoms. The summed E-state index contributed by atoms with van der Waals surface area (Å²) in [5.74, 6) is -0.960. The second-order valence-corrected chi connectivity index (χ2v) is 17.5. The van der Waals surface area contributed by atoms with Gasteiger partial charge in [0.2, 0.25) is 0 Å². The van der Waals surface area contributed by atoms with Gasteiger partial charge in [0, 0.05) is 24.3 Å². The number of esters is 2. The summed E-state index contributed by atoms with van der Waals surface area (Å²) < 4.78 is 11.5. The molecule has 2 saturated heterocycles. The third-order valence-corrected chi connectivity index (χ3v) is 12.6. The zero-order valence-electron chi connectivity index (χ0n) is 32.8.